The van der Waals surface area contributed by atoms with Crippen molar-refractivity contribution in [1.82, 2.24) is 0 Å². The fourth-order valence-electron chi connectivity index (χ4n) is 1.91. The molecular formula is C13H18O4. The van der Waals surface area contributed by atoms with Gasteiger partial charge in [0.1, 0.15) is 0 Å². The molecule has 0 spiro atoms. The second kappa shape index (κ2) is 5.17. The maximum absolute atomic E-state index is 11.7. The lowest BCUT2D eigenvalue weighted by Gasteiger charge is -2.24. The maximum Gasteiger partial charge on any atom is 0.334 e. The molecule has 0 aromatic rings. The van der Waals surface area contributed by atoms with Gasteiger partial charge >= 0.3 is 11.9 Å². The summed E-state index contributed by atoms with van der Waals surface area (Å²) in [6.07, 6.45) is 5.91. The van der Waals surface area contributed by atoms with Gasteiger partial charge in [-0.3, -0.25) is 4.79 Å². The molecule has 0 bridgehead atoms. The SMILES string of the molecule is COC(=O)C1=CC=CC(C)(C)CC1C(=O)OC. The number of methoxy groups -OCH3 is 2. The summed E-state index contributed by atoms with van der Waals surface area (Å²) in [5.41, 5.74) is 0.187. The molecule has 0 aromatic carbocycles. The monoisotopic (exact) mass is 238 g/mol. The zero-order valence-electron chi connectivity index (χ0n) is 10.6. The molecule has 1 atom stereocenters. The second-order valence-corrected chi connectivity index (χ2v) is 4.74. The third-order valence-corrected chi connectivity index (χ3v) is 2.84. The Balaban J connectivity index is 3.08. The number of allylic oxidation sites excluding steroid dienone is 3. The lowest BCUT2D eigenvalue weighted by atomic mass is 9.81. The van der Waals surface area contributed by atoms with E-state index in [1.54, 1.807) is 12.2 Å². The lowest BCUT2D eigenvalue weighted by molar-refractivity contribution is -0.148. The van der Waals surface area contributed by atoms with Crippen molar-refractivity contribution in [3.63, 3.8) is 0 Å². The van der Waals surface area contributed by atoms with Crippen LogP contribution in [0.4, 0.5) is 0 Å². The van der Waals surface area contributed by atoms with Crippen molar-refractivity contribution in [2.45, 2.75) is 20.3 Å². The van der Waals surface area contributed by atoms with Gasteiger partial charge in [-0.15, -0.1) is 0 Å². The Morgan fingerprint density at radius 3 is 2.47 bits per heavy atom. The quantitative estimate of drug-likeness (QED) is 0.689. The minimum atomic E-state index is -0.572. The number of esters is 2. The summed E-state index contributed by atoms with van der Waals surface area (Å²) in [5.74, 6) is -1.46. The predicted molar refractivity (Wildman–Crippen MR) is 63.1 cm³/mol. The molecule has 17 heavy (non-hydrogen) atoms. The van der Waals surface area contributed by atoms with E-state index in [-0.39, 0.29) is 5.41 Å². The van der Waals surface area contributed by atoms with Crippen LogP contribution >= 0.6 is 0 Å². The van der Waals surface area contributed by atoms with Gasteiger partial charge in [0.2, 0.25) is 0 Å². The van der Waals surface area contributed by atoms with Crippen LogP contribution in [-0.4, -0.2) is 26.2 Å². The van der Waals surface area contributed by atoms with Crippen LogP contribution in [0, 0.1) is 11.3 Å². The van der Waals surface area contributed by atoms with Crippen LogP contribution in [0.25, 0.3) is 0 Å². The van der Waals surface area contributed by atoms with E-state index < -0.39 is 17.9 Å². The van der Waals surface area contributed by atoms with Crippen molar-refractivity contribution < 1.29 is 19.1 Å². The molecule has 0 heterocycles. The molecule has 0 N–H and O–H groups in total. The number of rotatable bonds is 2. The zero-order valence-corrected chi connectivity index (χ0v) is 10.6. The summed E-state index contributed by atoms with van der Waals surface area (Å²) in [5, 5.41) is 0. The van der Waals surface area contributed by atoms with Crippen LogP contribution in [0.1, 0.15) is 20.3 Å². The maximum atomic E-state index is 11.7. The normalized spacial score (nSPS) is 22.4. The molecule has 1 rings (SSSR count). The second-order valence-electron chi connectivity index (χ2n) is 4.74. The number of hydrogen-bond acceptors (Lipinski definition) is 4. The number of carbonyl (C=O) groups is 2. The first-order chi connectivity index (χ1) is 7.91. The Morgan fingerprint density at radius 2 is 1.94 bits per heavy atom. The Labute approximate surface area is 101 Å². The van der Waals surface area contributed by atoms with E-state index in [4.69, 9.17) is 4.74 Å². The van der Waals surface area contributed by atoms with Gasteiger partial charge in [-0.25, -0.2) is 4.79 Å². The van der Waals surface area contributed by atoms with E-state index >= 15 is 0 Å². The molecular weight excluding hydrogens is 220 g/mol. The van der Waals surface area contributed by atoms with Crippen molar-refractivity contribution in [2.75, 3.05) is 14.2 Å². The molecule has 4 nitrogen and oxygen atoms in total. The van der Waals surface area contributed by atoms with Crippen LogP contribution in [-0.2, 0) is 19.1 Å². The van der Waals surface area contributed by atoms with E-state index in [1.165, 1.54) is 14.2 Å². The van der Waals surface area contributed by atoms with Crippen LogP contribution < -0.4 is 0 Å². The number of carbonyl (C=O) groups excluding carboxylic acids is 2. The van der Waals surface area contributed by atoms with Crippen LogP contribution in [0.15, 0.2) is 23.8 Å². The number of ether oxygens (including phenoxy) is 2. The van der Waals surface area contributed by atoms with Crippen molar-refractivity contribution in [1.29, 1.82) is 0 Å². The number of hydrogen-bond donors (Lipinski definition) is 0. The molecule has 0 aliphatic heterocycles. The highest BCUT2D eigenvalue weighted by Gasteiger charge is 2.34. The summed E-state index contributed by atoms with van der Waals surface area (Å²) in [6, 6.07) is 0. The van der Waals surface area contributed by atoms with Gasteiger partial charge in [0, 0.05) is 0 Å². The first-order valence-electron chi connectivity index (χ1n) is 5.47. The molecule has 0 amide bonds. The minimum Gasteiger partial charge on any atom is -0.469 e. The van der Waals surface area contributed by atoms with E-state index in [0.717, 1.165) is 0 Å². The molecule has 0 radical (unpaired) electrons. The largest absolute Gasteiger partial charge is 0.469 e. The topological polar surface area (TPSA) is 52.6 Å². The predicted octanol–water partition coefficient (Wildman–Crippen LogP) is 1.86. The average Bonchev–Trinajstić information content (AvgIpc) is 2.45. The van der Waals surface area contributed by atoms with E-state index in [9.17, 15) is 9.59 Å². The summed E-state index contributed by atoms with van der Waals surface area (Å²) in [4.78, 5) is 23.4. The Hall–Kier alpha value is -1.58. The van der Waals surface area contributed by atoms with E-state index in [1.807, 2.05) is 19.9 Å². The first kappa shape index (κ1) is 13.5. The van der Waals surface area contributed by atoms with Crippen molar-refractivity contribution >= 4 is 11.9 Å². The van der Waals surface area contributed by atoms with Crippen LogP contribution in [0.5, 0.6) is 0 Å². The molecule has 0 fully saturated rings. The fourth-order valence-corrected chi connectivity index (χ4v) is 1.91. The average molecular weight is 238 g/mol. The van der Waals surface area contributed by atoms with Crippen molar-refractivity contribution in [2.24, 2.45) is 11.3 Å². The summed E-state index contributed by atoms with van der Waals surface area (Å²) < 4.78 is 9.44. The molecule has 4 heteroatoms. The summed E-state index contributed by atoms with van der Waals surface area (Å²) in [6.45, 7) is 4.01. The minimum absolute atomic E-state index is 0.162. The van der Waals surface area contributed by atoms with Gasteiger partial charge in [-0.2, -0.15) is 0 Å². The van der Waals surface area contributed by atoms with E-state index in [2.05, 4.69) is 4.74 Å². The molecule has 0 aromatic heterocycles. The third-order valence-electron chi connectivity index (χ3n) is 2.84. The van der Waals surface area contributed by atoms with Crippen LogP contribution in [0.2, 0.25) is 0 Å². The molecule has 0 saturated carbocycles. The standard InChI is InChI=1S/C13H18O4/c1-13(2)7-5-6-9(11(14)16-3)10(8-13)12(15)17-4/h5-7,10H,8H2,1-4H3. The highest BCUT2D eigenvalue weighted by Crippen LogP contribution is 2.34. The highest BCUT2D eigenvalue weighted by molar-refractivity contribution is 5.96. The van der Waals surface area contributed by atoms with Gasteiger partial charge in [0.15, 0.2) is 0 Å². The Morgan fingerprint density at radius 1 is 1.29 bits per heavy atom. The molecule has 0 saturated heterocycles. The van der Waals surface area contributed by atoms with Crippen molar-refractivity contribution in [3.05, 3.63) is 23.8 Å². The lowest BCUT2D eigenvalue weighted by Crippen LogP contribution is -2.27. The van der Waals surface area contributed by atoms with E-state index in [0.29, 0.717) is 12.0 Å². The summed E-state index contributed by atoms with van der Waals surface area (Å²) in [7, 11) is 2.62. The highest BCUT2D eigenvalue weighted by atomic mass is 16.5. The summed E-state index contributed by atoms with van der Waals surface area (Å²) >= 11 is 0. The first-order valence-corrected chi connectivity index (χ1v) is 5.47. The fraction of sp³-hybridized carbons (Fsp3) is 0.538. The van der Waals surface area contributed by atoms with Gasteiger partial charge in [-0.1, -0.05) is 32.1 Å². The van der Waals surface area contributed by atoms with Gasteiger partial charge in [0.05, 0.1) is 25.7 Å². The smallest absolute Gasteiger partial charge is 0.334 e. The van der Waals surface area contributed by atoms with Gasteiger partial charge in [-0.05, 0) is 11.8 Å². The van der Waals surface area contributed by atoms with Crippen LogP contribution in [0.3, 0.4) is 0 Å². The third kappa shape index (κ3) is 3.19. The Kier molecular flexibility index (Phi) is 4.10. The van der Waals surface area contributed by atoms with Crippen molar-refractivity contribution in [3.8, 4) is 0 Å². The van der Waals surface area contributed by atoms with Gasteiger partial charge in [0.25, 0.3) is 0 Å². The molecule has 1 aliphatic carbocycles. The molecule has 1 aliphatic rings. The van der Waals surface area contributed by atoms with Gasteiger partial charge < -0.3 is 9.47 Å². The zero-order chi connectivity index (χ0) is 13.1. The molecule has 1 unspecified atom stereocenters. The molecule has 94 valence electrons. The Bertz CT molecular complexity index is 377.